The number of rotatable bonds is 6. The van der Waals surface area contributed by atoms with Gasteiger partial charge in [0, 0.05) is 12.1 Å². The van der Waals surface area contributed by atoms with E-state index in [1.807, 2.05) is 13.8 Å². The number of hydrogen-bond acceptors (Lipinski definition) is 3. The molecule has 0 fully saturated rings. The Kier molecular flexibility index (Phi) is 7.90. The smallest absolute Gasteiger partial charge is 0.257 e. The predicted octanol–water partition coefficient (Wildman–Crippen LogP) is 4.73. The first-order chi connectivity index (χ1) is 12.0. The van der Waals surface area contributed by atoms with Gasteiger partial charge in [-0.1, -0.05) is 11.6 Å². The van der Waals surface area contributed by atoms with E-state index in [9.17, 15) is 4.79 Å². The summed E-state index contributed by atoms with van der Waals surface area (Å²) in [5.41, 5.74) is 2.01. The van der Waals surface area contributed by atoms with Crippen LogP contribution in [-0.4, -0.2) is 23.7 Å². The molecule has 0 aromatic heterocycles. The Hall–Kier alpha value is -1.40. The van der Waals surface area contributed by atoms with Crippen LogP contribution in [0.4, 0.5) is 0 Å². The molecule has 4 nitrogen and oxygen atoms in total. The molecule has 0 aliphatic heterocycles. The molecule has 1 amide bonds. The van der Waals surface area contributed by atoms with Crippen molar-refractivity contribution in [3.05, 3.63) is 39.9 Å². The van der Waals surface area contributed by atoms with E-state index in [1.54, 1.807) is 18.2 Å². The van der Waals surface area contributed by atoms with E-state index in [1.165, 1.54) is 31.3 Å². The van der Waals surface area contributed by atoms with Crippen molar-refractivity contribution >= 4 is 39.2 Å². The summed E-state index contributed by atoms with van der Waals surface area (Å²) in [6, 6.07) is 5.25. The van der Waals surface area contributed by atoms with Crippen molar-refractivity contribution in [3.63, 3.8) is 0 Å². The molecule has 25 heavy (non-hydrogen) atoms. The quantitative estimate of drug-likeness (QED) is 0.511. The van der Waals surface area contributed by atoms with Crippen molar-refractivity contribution in [2.45, 2.75) is 52.1 Å². The summed E-state index contributed by atoms with van der Waals surface area (Å²) in [4.78, 5) is 12.3. The van der Waals surface area contributed by atoms with Crippen molar-refractivity contribution in [1.82, 2.24) is 10.6 Å². The summed E-state index contributed by atoms with van der Waals surface area (Å²) in [5, 5.41) is 6.19. The number of carbonyl (C=O) groups is 1. The number of benzene rings is 1. The zero-order chi connectivity index (χ0) is 18.2. The summed E-state index contributed by atoms with van der Waals surface area (Å²) in [6.07, 6.45) is 8.31. The summed E-state index contributed by atoms with van der Waals surface area (Å²) in [5.74, 6) is 0.485. The van der Waals surface area contributed by atoms with Gasteiger partial charge in [0.15, 0.2) is 5.11 Å². The summed E-state index contributed by atoms with van der Waals surface area (Å²) in [7, 11) is 0. The minimum atomic E-state index is -0.230. The van der Waals surface area contributed by atoms with Crippen LogP contribution in [0.5, 0.6) is 5.75 Å². The fraction of sp³-hybridized carbons (Fsp3) is 0.474. The first kappa shape index (κ1) is 19.9. The van der Waals surface area contributed by atoms with Gasteiger partial charge in [0.25, 0.3) is 5.91 Å². The lowest BCUT2D eigenvalue weighted by molar-refractivity contribution is 0.0976. The molecule has 0 spiro atoms. The molecular formula is C19H25BrN2O2S. The highest BCUT2D eigenvalue weighted by Crippen LogP contribution is 2.27. The largest absolute Gasteiger partial charge is 0.490 e. The van der Waals surface area contributed by atoms with Crippen LogP contribution in [0.1, 0.15) is 56.3 Å². The van der Waals surface area contributed by atoms with Gasteiger partial charge in [0.05, 0.1) is 10.6 Å². The lowest BCUT2D eigenvalue weighted by Gasteiger charge is -2.15. The molecule has 1 aromatic rings. The lowest BCUT2D eigenvalue weighted by atomic mass is 9.97. The van der Waals surface area contributed by atoms with Gasteiger partial charge in [0.1, 0.15) is 5.75 Å². The second-order valence-corrected chi connectivity index (χ2v) is 7.64. The van der Waals surface area contributed by atoms with E-state index in [0.29, 0.717) is 16.4 Å². The zero-order valence-electron chi connectivity index (χ0n) is 14.7. The second kappa shape index (κ2) is 9.92. The van der Waals surface area contributed by atoms with Crippen LogP contribution < -0.4 is 15.4 Å². The third-order valence-corrected chi connectivity index (χ3v) is 4.77. The van der Waals surface area contributed by atoms with E-state index in [-0.39, 0.29) is 12.0 Å². The molecule has 0 saturated heterocycles. The molecule has 0 heterocycles. The van der Waals surface area contributed by atoms with Crippen LogP contribution in [0.25, 0.3) is 0 Å². The molecule has 6 heteroatoms. The normalized spacial score (nSPS) is 14.0. The van der Waals surface area contributed by atoms with Gasteiger partial charge in [-0.2, -0.15) is 0 Å². The Morgan fingerprint density at radius 2 is 2.16 bits per heavy atom. The van der Waals surface area contributed by atoms with Crippen LogP contribution in [-0.2, 0) is 0 Å². The van der Waals surface area contributed by atoms with Gasteiger partial charge in [-0.15, -0.1) is 0 Å². The Morgan fingerprint density at radius 3 is 2.80 bits per heavy atom. The maximum atomic E-state index is 12.3. The molecule has 1 aromatic carbocycles. The Labute approximate surface area is 163 Å². The summed E-state index contributed by atoms with van der Waals surface area (Å²) >= 11 is 8.65. The molecular weight excluding hydrogens is 400 g/mol. The molecule has 1 aliphatic carbocycles. The molecule has 0 unspecified atom stereocenters. The maximum absolute atomic E-state index is 12.3. The molecule has 0 bridgehead atoms. The highest BCUT2D eigenvalue weighted by molar-refractivity contribution is 9.10. The van der Waals surface area contributed by atoms with Crippen LogP contribution in [0.15, 0.2) is 34.3 Å². The van der Waals surface area contributed by atoms with Gasteiger partial charge in [0.2, 0.25) is 0 Å². The number of hydrogen-bond donors (Lipinski definition) is 2. The Bertz CT molecular complexity index is 659. The molecule has 2 rings (SSSR count). The number of allylic oxidation sites excluding steroid dienone is 1. The zero-order valence-corrected chi connectivity index (χ0v) is 17.1. The summed E-state index contributed by atoms with van der Waals surface area (Å²) < 4.78 is 6.40. The third-order valence-electron chi connectivity index (χ3n) is 3.90. The van der Waals surface area contributed by atoms with Crippen molar-refractivity contribution in [2.24, 2.45) is 0 Å². The van der Waals surface area contributed by atoms with Crippen molar-refractivity contribution in [1.29, 1.82) is 0 Å². The van der Waals surface area contributed by atoms with Crippen LogP contribution in [0, 0.1) is 0 Å². The van der Waals surface area contributed by atoms with Gasteiger partial charge < -0.3 is 10.1 Å². The van der Waals surface area contributed by atoms with Crippen LogP contribution in [0.2, 0.25) is 0 Å². The topological polar surface area (TPSA) is 50.4 Å². The fourth-order valence-corrected chi connectivity index (χ4v) is 3.35. The van der Waals surface area contributed by atoms with Crippen molar-refractivity contribution in [3.8, 4) is 5.75 Å². The van der Waals surface area contributed by atoms with Gasteiger partial charge in [-0.3, -0.25) is 10.1 Å². The average Bonchev–Trinajstić information content (AvgIpc) is 2.57. The Morgan fingerprint density at radius 1 is 1.36 bits per heavy atom. The maximum Gasteiger partial charge on any atom is 0.257 e. The minimum absolute atomic E-state index is 0.0760. The third kappa shape index (κ3) is 6.78. The fourth-order valence-electron chi connectivity index (χ4n) is 2.68. The van der Waals surface area contributed by atoms with Crippen LogP contribution >= 0.6 is 28.1 Å². The number of carbonyl (C=O) groups excluding carboxylic acids is 1. The highest BCUT2D eigenvalue weighted by Gasteiger charge is 2.12. The molecule has 0 radical (unpaired) electrons. The number of amides is 1. The molecule has 1 aliphatic rings. The van der Waals surface area contributed by atoms with Gasteiger partial charge in [-0.05, 0) is 92.3 Å². The van der Waals surface area contributed by atoms with Crippen LogP contribution in [0.3, 0.4) is 0 Å². The minimum Gasteiger partial charge on any atom is -0.490 e. The van der Waals surface area contributed by atoms with Gasteiger partial charge in [-0.25, -0.2) is 0 Å². The lowest BCUT2D eigenvalue weighted by Crippen LogP contribution is -2.39. The molecule has 0 saturated carbocycles. The SMILES string of the molecule is CC(C)Oc1ccc(C(=O)NC(=S)NCCC2=CCCCC2)cc1Br. The number of halogens is 1. The second-order valence-electron chi connectivity index (χ2n) is 6.38. The first-order valence-electron chi connectivity index (χ1n) is 8.69. The van der Waals surface area contributed by atoms with Crippen molar-refractivity contribution < 1.29 is 9.53 Å². The first-order valence-corrected chi connectivity index (χ1v) is 9.89. The van der Waals surface area contributed by atoms with Gasteiger partial charge >= 0.3 is 0 Å². The average molecular weight is 425 g/mol. The number of thiocarbonyl (C=S) groups is 1. The molecule has 0 atom stereocenters. The van der Waals surface area contributed by atoms with E-state index in [0.717, 1.165) is 17.4 Å². The van der Waals surface area contributed by atoms with E-state index < -0.39 is 0 Å². The van der Waals surface area contributed by atoms with E-state index in [2.05, 4.69) is 32.6 Å². The standard InChI is InChI=1S/C19H25BrN2O2S/c1-13(2)24-17-9-8-15(12-16(17)20)18(23)22-19(25)21-11-10-14-6-4-3-5-7-14/h6,8-9,12-13H,3-5,7,10-11H2,1-2H3,(H2,21,22,23,25). The molecule has 2 N–H and O–H groups in total. The molecule has 136 valence electrons. The Balaban J connectivity index is 1.81. The summed E-state index contributed by atoms with van der Waals surface area (Å²) in [6.45, 7) is 4.66. The number of nitrogens with one attached hydrogen (secondary N) is 2. The predicted molar refractivity (Wildman–Crippen MR) is 109 cm³/mol. The highest BCUT2D eigenvalue weighted by atomic mass is 79.9. The number of ether oxygens (including phenoxy) is 1. The van der Waals surface area contributed by atoms with E-state index in [4.69, 9.17) is 17.0 Å². The monoisotopic (exact) mass is 424 g/mol. The van der Waals surface area contributed by atoms with Crippen molar-refractivity contribution in [2.75, 3.05) is 6.54 Å². The van der Waals surface area contributed by atoms with E-state index >= 15 is 0 Å².